The zero-order valence-corrected chi connectivity index (χ0v) is 16.0. The number of anilines is 1. The molecule has 0 aliphatic heterocycles. The Kier molecular flexibility index (Phi) is 4.59. The van der Waals surface area contributed by atoms with Crippen LogP contribution in [0.1, 0.15) is 53.8 Å². The van der Waals surface area contributed by atoms with Gasteiger partial charge in [-0.1, -0.05) is 19.3 Å². The number of carbonyl (C=O) groups excluding carboxylic acids is 1. The molecule has 1 aliphatic carbocycles. The number of ether oxygens (including phenoxy) is 1. The molecule has 3 aromatic heterocycles. The number of aryl methyl sites for hydroxylation is 2. The fraction of sp³-hybridized carbons (Fsp3) is 0.450. The van der Waals surface area contributed by atoms with Crippen molar-refractivity contribution in [1.29, 1.82) is 0 Å². The van der Waals surface area contributed by atoms with Gasteiger partial charge in [0.25, 0.3) is 0 Å². The number of pyridine rings is 1. The lowest BCUT2D eigenvalue weighted by atomic mass is 9.95. The quantitative estimate of drug-likeness (QED) is 0.684. The van der Waals surface area contributed by atoms with Crippen molar-refractivity contribution in [1.82, 2.24) is 19.6 Å². The summed E-state index contributed by atoms with van der Waals surface area (Å²) >= 11 is 0. The van der Waals surface area contributed by atoms with Gasteiger partial charge >= 0.3 is 5.97 Å². The first-order valence-electron chi connectivity index (χ1n) is 9.47. The number of imidazole rings is 1. The van der Waals surface area contributed by atoms with E-state index in [4.69, 9.17) is 9.72 Å². The summed E-state index contributed by atoms with van der Waals surface area (Å²) in [4.78, 5) is 16.9. The first-order chi connectivity index (χ1) is 13.1. The smallest absolute Gasteiger partial charge is 0.339 e. The first kappa shape index (κ1) is 17.6. The molecule has 0 saturated heterocycles. The number of fused-ring (bicyclic) bond motifs is 1. The Hall–Kier alpha value is -2.83. The predicted octanol–water partition coefficient (Wildman–Crippen LogP) is 3.87. The topological polar surface area (TPSA) is 84.3 Å². The lowest BCUT2D eigenvalue weighted by Gasteiger charge is -2.24. The molecule has 0 bridgehead atoms. The Morgan fingerprint density at radius 2 is 2.04 bits per heavy atom. The van der Waals surface area contributed by atoms with Gasteiger partial charge in [-0.3, -0.25) is 9.50 Å². The fourth-order valence-corrected chi connectivity index (χ4v) is 3.94. The second-order valence-corrected chi connectivity index (χ2v) is 7.23. The predicted molar refractivity (Wildman–Crippen MR) is 104 cm³/mol. The molecule has 0 amide bonds. The number of H-pyrrole nitrogens is 1. The molecule has 4 rings (SSSR count). The Balaban J connectivity index is 1.87. The molecule has 2 N–H and O–H groups in total. The van der Waals surface area contributed by atoms with Crippen molar-refractivity contribution in [3.63, 3.8) is 0 Å². The molecule has 0 unspecified atom stereocenters. The molecule has 0 spiro atoms. The maximum atomic E-state index is 12.0. The van der Waals surface area contributed by atoms with Crippen LogP contribution in [0.2, 0.25) is 0 Å². The number of methoxy groups -OCH3 is 1. The minimum absolute atomic E-state index is 0.355. The van der Waals surface area contributed by atoms with Crippen LogP contribution in [0.15, 0.2) is 18.3 Å². The van der Waals surface area contributed by atoms with E-state index in [9.17, 15) is 4.79 Å². The molecule has 1 saturated carbocycles. The van der Waals surface area contributed by atoms with Crippen LogP contribution in [0.3, 0.4) is 0 Å². The van der Waals surface area contributed by atoms with Crippen LogP contribution >= 0.6 is 0 Å². The molecule has 0 radical (unpaired) electrons. The monoisotopic (exact) mass is 367 g/mol. The van der Waals surface area contributed by atoms with Crippen molar-refractivity contribution < 1.29 is 9.53 Å². The van der Waals surface area contributed by atoms with Crippen LogP contribution in [-0.4, -0.2) is 38.7 Å². The standard InChI is InChI=1S/C20H25N5O2/c1-12-17(13(2)24-23-12)18-19(21-15-7-5-4-6-8-15)25-11-14(20(26)27-3)9-10-16(25)22-18/h9-11,15,21H,4-8H2,1-3H3,(H,23,24). The lowest BCUT2D eigenvalue weighted by molar-refractivity contribution is 0.0600. The highest BCUT2D eigenvalue weighted by Crippen LogP contribution is 2.34. The second kappa shape index (κ2) is 7.06. The highest BCUT2D eigenvalue weighted by molar-refractivity contribution is 5.90. The van der Waals surface area contributed by atoms with Crippen LogP contribution < -0.4 is 5.32 Å². The minimum Gasteiger partial charge on any atom is -0.465 e. The normalized spacial score (nSPS) is 15.2. The van der Waals surface area contributed by atoms with E-state index in [2.05, 4.69) is 15.5 Å². The summed E-state index contributed by atoms with van der Waals surface area (Å²) in [5.41, 5.74) is 5.06. The number of esters is 1. The van der Waals surface area contributed by atoms with Gasteiger partial charge in [-0.2, -0.15) is 5.10 Å². The Bertz CT molecular complexity index is 962. The number of aromatic amines is 1. The molecule has 3 aromatic rings. The first-order valence-corrected chi connectivity index (χ1v) is 9.47. The third-order valence-corrected chi connectivity index (χ3v) is 5.35. The number of rotatable bonds is 4. The molecule has 7 heteroatoms. The molecule has 1 aliphatic rings. The zero-order valence-electron chi connectivity index (χ0n) is 16.0. The maximum absolute atomic E-state index is 12.0. The zero-order chi connectivity index (χ0) is 19.0. The van der Waals surface area contributed by atoms with Gasteiger partial charge in [-0.25, -0.2) is 9.78 Å². The Labute approximate surface area is 158 Å². The Morgan fingerprint density at radius 3 is 2.70 bits per heavy atom. The van der Waals surface area contributed by atoms with Crippen molar-refractivity contribution in [2.24, 2.45) is 0 Å². The molecular formula is C20H25N5O2. The van der Waals surface area contributed by atoms with Crippen molar-refractivity contribution in [2.75, 3.05) is 12.4 Å². The highest BCUT2D eigenvalue weighted by atomic mass is 16.5. The molecular weight excluding hydrogens is 342 g/mol. The second-order valence-electron chi connectivity index (χ2n) is 7.23. The molecule has 7 nitrogen and oxygen atoms in total. The molecule has 142 valence electrons. The number of carbonyl (C=O) groups is 1. The van der Waals surface area contributed by atoms with Crippen molar-refractivity contribution >= 4 is 17.4 Å². The summed E-state index contributed by atoms with van der Waals surface area (Å²) in [5, 5.41) is 11.1. The Morgan fingerprint density at radius 1 is 1.26 bits per heavy atom. The van der Waals surface area contributed by atoms with E-state index in [1.54, 1.807) is 12.3 Å². The van der Waals surface area contributed by atoms with Gasteiger partial charge in [0.05, 0.1) is 18.4 Å². The van der Waals surface area contributed by atoms with Crippen molar-refractivity contribution in [3.05, 3.63) is 35.3 Å². The van der Waals surface area contributed by atoms with Gasteiger partial charge in [-0.05, 0) is 38.8 Å². The fourth-order valence-electron chi connectivity index (χ4n) is 3.94. The van der Waals surface area contributed by atoms with Gasteiger partial charge in [0.2, 0.25) is 0 Å². The van der Waals surface area contributed by atoms with Gasteiger partial charge in [0.15, 0.2) is 0 Å². The van der Waals surface area contributed by atoms with Crippen molar-refractivity contribution in [2.45, 2.75) is 52.0 Å². The molecule has 27 heavy (non-hydrogen) atoms. The van der Waals surface area contributed by atoms with Crippen LogP contribution in [0.25, 0.3) is 16.9 Å². The average molecular weight is 367 g/mol. The van der Waals surface area contributed by atoms with E-state index >= 15 is 0 Å². The van der Waals surface area contributed by atoms with E-state index in [0.717, 1.165) is 47.0 Å². The van der Waals surface area contributed by atoms with Crippen LogP contribution in [0, 0.1) is 13.8 Å². The SMILES string of the molecule is COC(=O)c1ccc2nc(-c3c(C)n[nH]c3C)c(NC3CCCCC3)n2c1. The summed E-state index contributed by atoms with van der Waals surface area (Å²) in [6.07, 6.45) is 7.86. The highest BCUT2D eigenvalue weighted by Gasteiger charge is 2.23. The maximum Gasteiger partial charge on any atom is 0.339 e. The largest absolute Gasteiger partial charge is 0.465 e. The van der Waals surface area contributed by atoms with Gasteiger partial charge in [0.1, 0.15) is 17.2 Å². The van der Waals surface area contributed by atoms with Gasteiger partial charge in [-0.15, -0.1) is 0 Å². The summed E-state index contributed by atoms with van der Waals surface area (Å²) in [6.45, 7) is 3.98. The van der Waals surface area contributed by atoms with E-state index in [-0.39, 0.29) is 5.97 Å². The number of aromatic nitrogens is 4. The van der Waals surface area contributed by atoms with Crippen LogP contribution in [0.5, 0.6) is 0 Å². The van der Waals surface area contributed by atoms with E-state index in [0.29, 0.717) is 11.6 Å². The summed E-state index contributed by atoms with van der Waals surface area (Å²) in [6, 6.07) is 4.01. The summed E-state index contributed by atoms with van der Waals surface area (Å²) in [5.74, 6) is 0.557. The minimum atomic E-state index is -0.355. The molecule has 0 aromatic carbocycles. The van der Waals surface area contributed by atoms with Crippen molar-refractivity contribution in [3.8, 4) is 11.3 Å². The van der Waals surface area contributed by atoms with E-state index in [1.807, 2.05) is 24.3 Å². The van der Waals surface area contributed by atoms with Gasteiger partial charge < -0.3 is 10.1 Å². The number of hydrogen-bond donors (Lipinski definition) is 2. The number of nitrogens with one attached hydrogen (secondary N) is 2. The van der Waals surface area contributed by atoms with E-state index < -0.39 is 0 Å². The van der Waals surface area contributed by atoms with E-state index in [1.165, 1.54) is 26.4 Å². The molecule has 3 heterocycles. The molecule has 0 atom stereocenters. The number of nitrogens with zero attached hydrogens (tertiary/aromatic N) is 3. The third kappa shape index (κ3) is 3.18. The number of hydrogen-bond acceptors (Lipinski definition) is 5. The van der Waals surface area contributed by atoms with Gasteiger partial charge in [0, 0.05) is 23.5 Å². The van der Waals surface area contributed by atoms with Crippen LogP contribution in [0.4, 0.5) is 5.82 Å². The lowest BCUT2D eigenvalue weighted by Crippen LogP contribution is -2.23. The molecule has 1 fully saturated rings. The summed E-state index contributed by atoms with van der Waals surface area (Å²) in [7, 11) is 1.39. The third-order valence-electron chi connectivity index (χ3n) is 5.35. The van der Waals surface area contributed by atoms with Crippen LogP contribution in [-0.2, 0) is 4.74 Å². The summed E-state index contributed by atoms with van der Waals surface area (Å²) < 4.78 is 6.84. The average Bonchev–Trinajstić information content (AvgIpc) is 3.20.